The molecule has 9 nitrogen and oxygen atoms in total. The van der Waals surface area contributed by atoms with Crippen molar-refractivity contribution in [1.82, 2.24) is 10.6 Å². The lowest BCUT2D eigenvalue weighted by atomic mass is 9.66. The van der Waals surface area contributed by atoms with Crippen LogP contribution >= 0.6 is 0 Å². The van der Waals surface area contributed by atoms with Gasteiger partial charge in [-0.25, -0.2) is 4.79 Å². The van der Waals surface area contributed by atoms with Crippen molar-refractivity contribution in [2.24, 2.45) is 5.41 Å². The van der Waals surface area contributed by atoms with Crippen LogP contribution in [0.25, 0.3) is 0 Å². The van der Waals surface area contributed by atoms with Crippen molar-refractivity contribution in [3.05, 3.63) is 23.8 Å². The highest BCUT2D eigenvalue weighted by molar-refractivity contribution is 6.20. The molecule has 3 fully saturated rings. The van der Waals surface area contributed by atoms with E-state index < -0.39 is 35.4 Å². The van der Waals surface area contributed by atoms with Crippen molar-refractivity contribution in [3.63, 3.8) is 0 Å². The number of ether oxygens (including phenoxy) is 1. The molecule has 4 heterocycles. The summed E-state index contributed by atoms with van der Waals surface area (Å²) in [5.74, 6) is -1.14. The number of carbonyl (C=O) groups is 4. The molecule has 4 aliphatic rings. The van der Waals surface area contributed by atoms with Crippen LogP contribution in [0.2, 0.25) is 0 Å². The molecule has 2 N–H and O–H groups in total. The summed E-state index contributed by atoms with van der Waals surface area (Å²) < 4.78 is 6.00. The van der Waals surface area contributed by atoms with Crippen molar-refractivity contribution in [2.45, 2.75) is 51.4 Å². The van der Waals surface area contributed by atoms with E-state index in [9.17, 15) is 19.2 Å². The van der Waals surface area contributed by atoms with E-state index in [1.807, 2.05) is 32.0 Å². The Kier molecular flexibility index (Phi) is 4.15. The molecule has 5 amide bonds. The molecule has 4 aliphatic heterocycles. The average molecular weight is 412 g/mol. The maximum atomic E-state index is 13.1. The van der Waals surface area contributed by atoms with E-state index in [0.717, 1.165) is 23.4 Å². The van der Waals surface area contributed by atoms with Crippen LogP contribution in [0.1, 0.15) is 32.3 Å². The molecule has 1 aromatic carbocycles. The monoisotopic (exact) mass is 412 g/mol. The number of anilines is 2. The standard InChI is InChI=1S/C21H24N4O5/c1-11-10-25-15-6-5-14(24-7-3-4-16(24)26)8-13(15)9-21(17(25)12(2)30-11)18(27)22-20(29)23-19(21)28/h5-6,8,11-12,17H,3-4,7,9-10H2,1-2H3,(H2,22,23,27,28,29)/t11-,12+,17-/m1/s1. The van der Waals surface area contributed by atoms with Crippen molar-refractivity contribution in [2.75, 3.05) is 22.9 Å². The van der Waals surface area contributed by atoms with E-state index in [1.165, 1.54) is 0 Å². The van der Waals surface area contributed by atoms with E-state index in [0.29, 0.717) is 19.5 Å². The maximum absolute atomic E-state index is 13.1. The van der Waals surface area contributed by atoms with Crippen LogP contribution in [0.15, 0.2) is 18.2 Å². The molecule has 0 radical (unpaired) electrons. The lowest BCUT2D eigenvalue weighted by molar-refractivity contribution is -0.153. The highest BCUT2D eigenvalue weighted by atomic mass is 16.5. The number of hydrogen-bond donors (Lipinski definition) is 2. The number of urea groups is 1. The molecule has 0 aliphatic carbocycles. The SMILES string of the molecule is C[C@@H]1CN2c3ccc(N4CCCC4=O)cc3CC3(C(=O)NC(=O)NC3=O)[C@H]2[C@H](C)O1. The first-order valence-electron chi connectivity index (χ1n) is 10.3. The minimum atomic E-state index is -1.49. The Morgan fingerprint density at radius 1 is 1.10 bits per heavy atom. The Morgan fingerprint density at radius 2 is 1.83 bits per heavy atom. The van der Waals surface area contributed by atoms with E-state index in [4.69, 9.17) is 4.74 Å². The zero-order chi connectivity index (χ0) is 21.2. The molecular formula is C21H24N4O5. The van der Waals surface area contributed by atoms with Crippen molar-refractivity contribution in [3.8, 4) is 0 Å². The van der Waals surface area contributed by atoms with Crippen molar-refractivity contribution < 1.29 is 23.9 Å². The molecule has 3 saturated heterocycles. The highest BCUT2D eigenvalue weighted by Crippen LogP contribution is 2.47. The molecule has 9 heteroatoms. The molecule has 3 atom stereocenters. The number of imide groups is 2. The normalized spacial score (nSPS) is 30.1. The van der Waals surface area contributed by atoms with Crippen molar-refractivity contribution in [1.29, 1.82) is 0 Å². The van der Waals surface area contributed by atoms with Crippen LogP contribution in [0.4, 0.5) is 16.2 Å². The fourth-order valence-electron chi connectivity index (χ4n) is 5.52. The van der Waals surface area contributed by atoms with Crippen LogP contribution in [0.5, 0.6) is 0 Å². The second kappa shape index (κ2) is 6.53. The largest absolute Gasteiger partial charge is 0.372 e. The Bertz CT molecular complexity index is 956. The molecule has 1 aromatic rings. The van der Waals surface area contributed by atoms with Gasteiger partial charge in [0.05, 0.1) is 18.2 Å². The molecule has 0 saturated carbocycles. The Labute approximate surface area is 173 Å². The summed E-state index contributed by atoms with van der Waals surface area (Å²) in [5, 5.41) is 4.57. The summed E-state index contributed by atoms with van der Waals surface area (Å²) in [4.78, 5) is 54.1. The summed E-state index contributed by atoms with van der Waals surface area (Å²) in [6.45, 7) is 4.98. The molecule has 5 rings (SSSR count). The van der Waals surface area contributed by atoms with Crippen molar-refractivity contribution >= 4 is 35.1 Å². The number of rotatable bonds is 1. The van der Waals surface area contributed by atoms with Crippen LogP contribution in [-0.4, -0.2) is 55.1 Å². The van der Waals surface area contributed by atoms with Gasteiger partial charge in [-0.3, -0.25) is 25.0 Å². The van der Waals surface area contributed by atoms with E-state index >= 15 is 0 Å². The molecule has 0 unspecified atom stereocenters. The van der Waals surface area contributed by atoms with Gasteiger partial charge in [-0.05, 0) is 50.5 Å². The Morgan fingerprint density at radius 3 is 2.50 bits per heavy atom. The fourth-order valence-corrected chi connectivity index (χ4v) is 5.52. The number of amides is 5. The summed E-state index contributed by atoms with van der Waals surface area (Å²) in [7, 11) is 0. The van der Waals surface area contributed by atoms with Gasteiger partial charge in [-0.1, -0.05) is 0 Å². The molecule has 0 aromatic heterocycles. The molecular weight excluding hydrogens is 388 g/mol. The summed E-state index contributed by atoms with van der Waals surface area (Å²) in [6, 6.07) is 4.44. The third kappa shape index (κ3) is 2.57. The van der Waals surface area contributed by atoms with Gasteiger partial charge < -0.3 is 14.5 Å². The van der Waals surface area contributed by atoms with E-state index in [-0.39, 0.29) is 18.4 Å². The number of barbiturate groups is 1. The summed E-state index contributed by atoms with van der Waals surface area (Å²) in [5.41, 5.74) is 1.02. The lowest BCUT2D eigenvalue weighted by Gasteiger charge is -2.55. The minimum Gasteiger partial charge on any atom is -0.372 e. The summed E-state index contributed by atoms with van der Waals surface area (Å²) in [6.07, 6.45) is 0.982. The first-order valence-corrected chi connectivity index (χ1v) is 10.3. The third-order valence-corrected chi connectivity index (χ3v) is 6.68. The van der Waals surface area contributed by atoms with Gasteiger partial charge in [0.1, 0.15) is 0 Å². The molecule has 1 spiro atoms. The zero-order valence-corrected chi connectivity index (χ0v) is 16.9. The second-order valence-corrected chi connectivity index (χ2v) is 8.60. The number of nitrogens with zero attached hydrogens (tertiary/aromatic N) is 2. The number of morpholine rings is 1. The maximum Gasteiger partial charge on any atom is 0.328 e. The van der Waals surface area contributed by atoms with Crippen LogP contribution in [0.3, 0.4) is 0 Å². The number of benzene rings is 1. The fraction of sp³-hybridized carbons (Fsp3) is 0.524. The van der Waals surface area contributed by atoms with Crippen LogP contribution in [-0.2, 0) is 25.5 Å². The quantitative estimate of drug-likeness (QED) is 0.658. The Balaban J connectivity index is 1.65. The molecule has 0 bridgehead atoms. The van der Waals surface area contributed by atoms with Gasteiger partial charge in [0.15, 0.2) is 5.41 Å². The molecule has 158 valence electrons. The highest BCUT2D eigenvalue weighted by Gasteiger charge is 2.62. The summed E-state index contributed by atoms with van der Waals surface area (Å²) >= 11 is 0. The van der Waals surface area contributed by atoms with Gasteiger partial charge in [-0.2, -0.15) is 0 Å². The molecule has 30 heavy (non-hydrogen) atoms. The first kappa shape index (κ1) is 19.0. The first-order chi connectivity index (χ1) is 14.3. The Hall–Kier alpha value is -2.94. The minimum absolute atomic E-state index is 0.0747. The van der Waals surface area contributed by atoms with Gasteiger partial charge in [0.25, 0.3) is 0 Å². The zero-order valence-electron chi connectivity index (χ0n) is 16.9. The van der Waals surface area contributed by atoms with Crippen LogP contribution < -0.4 is 20.4 Å². The average Bonchev–Trinajstić information content (AvgIpc) is 3.11. The number of nitrogens with one attached hydrogen (secondary N) is 2. The number of hydrogen-bond acceptors (Lipinski definition) is 6. The van der Waals surface area contributed by atoms with Gasteiger partial charge in [0, 0.05) is 30.9 Å². The van der Waals surface area contributed by atoms with E-state index in [1.54, 1.807) is 4.90 Å². The van der Waals surface area contributed by atoms with Crippen LogP contribution in [0, 0.1) is 5.41 Å². The van der Waals surface area contributed by atoms with Gasteiger partial charge >= 0.3 is 6.03 Å². The predicted octanol–water partition coefficient (Wildman–Crippen LogP) is 0.704. The predicted molar refractivity (Wildman–Crippen MR) is 107 cm³/mol. The number of carbonyl (C=O) groups excluding carboxylic acids is 4. The van der Waals surface area contributed by atoms with E-state index in [2.05, 4.69) is 15.5 Å². The van der Waals surface area contributed by atoms with Gasteiger partial charge in [-0.15, -0.1) is 0 Å². The van der Waals surface area contributed by atoms with Gasteiger partial charge in [0.2, 0.25) is 17.7 Å². The lowest BCUT2D eigenvalue weighted by Crippen LogP contribution is -2.75. The third-order valence-electron chi connectivity index (χ3n) is 6.68. The number of fused-ring (bicyclic) bond motifs is 4. The topological polar surface area (TPSA) is 108 Å². The smallest absolute Gasteiger partial charge is 0.328 e. The second-order valence-electron chi connectivity index (χ2n) is 8.60.